The van der Waals surface area contributed by atoms with Crippen LogP contribution in [-0.2, 0) is 6.54 Å². The number of halogens is 1. The van der Waals surface area contributed by atoms with Gasteiger partial charge in [0.2, 0.25) is 0 Å². The first-order valence-electron chi connectivity index (χ1n) is 9.26. The number of piperidine rings is 1. The first kappa shape index (κ1) is 17.9. The van der Waals surface area contributed by atoms with Crippen molar-refractivity contribution in [2.24, 2.45) is 5.92 Å². The average Bonchev–Trinajstić information content (AvgIpc) is 3.11. The molecule has 0 atom stereocenters. The molecule has 1 amide bonds. The molecule has 0 spiro atoms. The number of rotatable bonds is 4. The highest BCUT2D eigenvalue weighted by atomic mass is 32.1. The van der Waals surface area contributed by atoms with E-state index < -0.39 is 0 Å². The Morgan fingerprint density at radius 1 is 1.22 bits per heavy atom. The summed E-state index contributed by atoms with van der Waals surface area (Å²) in [6.07, 6.45) is 2.40. The van der Waals surface area contributed by atoms with Crippen LogP contribution in [0.15, 0.2) is 42.5 Å². The summed E-state index contributed by atoms with van der Waals surface area (Å²) in [6.45, 7) is 4.77. The number of anilines is 1. The zero-order valence-corrected chi connectivity index (χ0v) is 16.1. The molecule has 4 rings (SSSR count). The normalized spacial score (nSPS) is 15.3. The van der Waals surface area contributed by atoms with E-state index in [4.69, 9.17) is 4.98 Å². The first-order chi connectivity index (χ1) is 13.1. The molecule has 0 bridgehead atoms. The monoisotopic (exact) mass is 383 g/mol. The lowest BCUT2D eigenvalue weighted by Gasteiger charge is -2.29. The fourth-order valence-electron chi connectivity index (χ4n) is 3.28. The maximum absolute atomic E-state index is 13.0. The highest BCUT2D eigenvalue weighted by molar-refractivity contribution is 7.22. The van der Waals surface area contributed by atoms with Crippen molar-refractivity contribution in [1.29, 1.82) is 0 Å². The van der Waals surface area contributed by atoms with E-state index in [1.54, 1.807) is 23.5 Å². The number of benzene rings is 2. The molecule has 4 nitrogen and oxygen atoms in total. The van der Waals surface area contributed by atoms with Crippen LogP contribution in [0.5, 0.6) is 0 Å². The second-order valence-corrected chi connectivity index (χ2v) is 8.17. The minimum Gasteiger partial charge on any atom is -0.348 e. The van der Waals surface area contributed by atoms with Gasteiger partial charge in [-0.15, -0.1) is 0 Å². The molecule has 2 heterocycles. The van der Waals surface area contributed by atoms with Crippen molar-refractivity contribution in [2.75, 3.05) is 18.0 Å². The van der Waals surface area contributed by atoms with E-state index in [2.05, 4.69) is 17.1 Å². The van der Waals surface area contributed by atoms with Gasteiger partial charge >= 0.3 is 0 Å². The Morgan fingerprint density at radius 2 is 1.96 bits per heavy atom. The lowest BCUT2D eigenvalue weighted by Crippen LogP contribution is -2.32. The van der Waals surface area contributed by atoms with Crippen molar-refractivity contribution in [3.05, 3.63) is 59.4 Å². The van der Waals surface area contributed by atoms with Crippen molar-refractivity contribution in [3.8, 4) is 0 Å². The Labute approximate surface area is 162 Å². The highest BCUT2D eigenvalue weighted by Crippen LogP contribution is 2.32. The Bertz CT molecular complexity index is 946. The number of carbonyl (C=O) groups excluding carboxylic acids is 1. The first-order valence-corrected chi connectivity index (χ1v) is 10.1. The molecule has 6 heteroatoms. The summed E-state index contributed by atoms with van der Waals surface area (Å²) >= 11 is 1.65. The molecule has 1 aromatic heterocycles. The van der Waals surface area contributed by atoms with Gasteiger partial charge in [0.05, 0.1) is 10.2 Å². The summed E-state index contributed by atoms with van der Waals surface area (Å²) in [5.41, 5.74) is 2.42. The van der Waals surface area contributed by atoms with E-state index in [0.29, 0.717) is 12.1 Å². The van der Waals surface area contributed by atoms with Crippen molar-refractivity contribution in [1.82, 2.24) is 10.3 Å². The molecule has 1 aliphatic rings. The topological polar surface area (TPSA) is 45.2 Å². The molecule has 2 aromatic carbocycles. The second-order valence-electron chi connectivity index (χ2n) is 7.16. The molecule has 0 saturated carbocycles. The Morgan fingerprint density at radius 3 is 2.70 bits per heavy atom. The number of carbonyl (C=O) groups is 1. The van der Waals surface area contributed by atoms with Crippen LogP contribution in [0.1, 0.15) is 35.7 Å². The van der Waals surface area contributed by atoms with Crippen LogP contribution in [0.2, 0.25) is 0 Å². The third-order valence-electron chi connectivity index (χ3n) is 5.06. The predicted octanol–water partition coefficient (Wildman–Crippen LogP) is 4.60. The van der Waals surface area contributed by atoms with Gasteiger partial charge in [-0.25, -0.2) is 9.37 Å². The number of hydrogen-bond donors (Lipinski definition) is 1. The molecular formula is C21H22FN3OS. The minimum atomic E-state index is -0.278. The fraction of sp³-hybridized carbons (Fsp3) is 0.333. The number of amides is 1. The molecule has 1 aliphatic heterocycles. The summed E-state index contributed by atoms with van der Waals surface area (Å²) in [5.74, 6) is 0.370. The average molecular weight is 383 g/mol. The Balaban J connectivity index is 1.46. The molecule has 1 fully saturated rings. The van der Waals surface area contributed by atoms with Gasteiger partial charge in [0, 0.05) is 25.2 Å². The maximum Gasteiger partial charge on any atom is 0.251 e. The van der Waals surface area contributed by atoms with Crippen molar-refractivity contribution in [2.45, 2.75) is 26.3 Å². The molecule has 0 aliphatic carbocycles. The van der Waals surface area contributed by atoms with Gasteiger partial charge in [-0.3, -0.25) is 4.79 Å². The summed E-state index contributed by atoms with van der Waals surface area (Å²) in [6, 6.07) is 11.8. The zero-order chi connectivity index (χ0) is 18.8. The minimum absolute atomic E-state index is 0.136. The molecule has 140 valence electrons. The standard InChI is InChI=1S/C21H22FN3OS/c1-14-8-10-25(11-9-14)21-24-18-7-4-16(12-19(18)27-21)20(26)23-13-15-2-5-17(22)6-3-15/h2-7,12,14H,8-11,13H2,1H3,(H,23,26). The number of fused-ring (bicyclic) bond motifs is 1. The second kappa shape index (κ2) is 7.64. The van der Waals surface area contributed by atoms with Crippen LogP contribution >= 0.6 is 11.3 Å². The number of thiazole rings is 1. The maximum atomic E-state index is 13.0. The summed E-state index contributed by atoms with van der Waals surface area (Å²) in [4.78, 5) is 19.5. The van der Waals surface area contributed by atoms with Gasteiger partial charge in [0.25, 0.3) is 5.91 Å². The molecule has 0 radical (unpaired) electrons. The predicted molar refractivity (Wildman–Crippen MR) is 108 cm³/mol. The van der Waals surface area contributed by atoms with E-state index in [0.717, 1.165) is 39.9 Å². The SMILES string of the molecule is CC1CCN(c2nc3ccc(C(=O)NCc4ccc(F)cc4)cc3s2)CC1. The molecule has 27 heavy (non-hydrogen) atoms. The highest BCUT2D eigenvalue weighted by Gasteiger charge is 2.19. The fourth-order valence-corrected chi connectivity index (χ4v) is 4.33. The Kier molecular flexibility index (Phi) is 5.07. The zero-order valence-electron chi connectivity index (χ0n) is 15.2. The van der Waals surface area contributed by atoms with E-state index in [-0.39, 0.29) is 11.7 Å². The molecule has 1 saturated heterocycles. The van der Waals surface area contributed by atoms with Crippen LogP contribution in [0, 0.1) is 11.7 Å². The van der Waals surface area contributed by atoms with Crippen molar-refractivity contribution in [3.63, 3.8) is 0 Å². The van der Waals surface area contributed by atoms with E-state index in [9.17, 15) is 9.18 Å². The molecule has 0 unspecified atom stereocenters. The van der Waals surface area contributed by atoms with E-state index >= 15 is 0 Å². The molecular weight excluding hydrogens is 361 g/mol. The van der Waals surface area contributed by atoms with Gasteiger partial charge in [-0.05, 0) is 54.7 Å². The van der Waals surface area contributed by atoms with E-state index in [1.807, 2.05) is 18.2 Å². The smallest absolute Gasteiger partial charge is 0.251 e. The van der Waals surface area contributed by atoms with Gasteiger partial charge in [0.15, 0.2) is 5.13 Å². The Hall–Kier alpha value is -2.47. The van der Waals surface area contributed by atoms with Crippen LogP contribution in [0.4, 0.5) is 9.52 Å². The third kappa shape index (κ3) is 4.11. The number of nitrogens with zero attached hydrogens (tertiary/aromatic N) is 2. The van der Waals surface area contributed by atoms with Crippen molar-refractivity contribution >= 4 is 32.6 Å². The van der Waals surface area contributed by atoms with Gasteiger partial charge in [-0.1, -0.05) is 30.4 Å². The number of nitrogens with one attached hydrogen (secondary N) is 1. The van der Waals surface area contributed by atoms with Gasteiger partial charge in [-0.2, -0.15) is 0 Å². The van der Waals surface area contributed by atoms with Crippen LogP contribution in [-0.4, -0.2) is 24.0 Å². The quantitative estimate of drug-likeness (QED) is 0.716. The van der Waals surface area contributed by atoms with Crippen molar-refractivity contribution < 1.29 is 9.18 Å². The van der Waals surface area contributed by atoms with E-state index in [1.165, 1.54) is 25.0 Å². The van der Waals surface area contributed by atoms with Crippen LogP contribution < -0.4 is 10.2 Å². The number of aromatic nitrogens is 1. The lowest BCUT2D eigenvalue weighted by molar-refractivity contribution is 0.0951. The van der Waals surface area contributed by atoms with Crippen LogP contribution in [0.3, 0.4) is 0 Å². The summed E-state index contributed by atoms with van der Waals surface area (Å²) in [7, 11) is 0. The van der Waals surface area contributed by atoms with Gasteiger partial charge in [0.1, 0.15) is 5.82 Å². The molecule has 1 N–H and O–H groups in total. The third-order valence-corrected chi connectivity index (χ3v) is 6.14. The van der Waals surface area contributed by atoms with Crippen LogP contribution in [0.25, 0.3) is 10.2 Å². The molecule has 3 aromatic rings. The summed E-state index contributed by atoms with van der Waals surface area (Å²) < 4.78 is 14.0. The largest absolute Gasteiger partial charge is 0.348 e. The number of hydrogen-bond acceptors (Lipinski definition) is 4. The summed E-state index contributed by atoms with van der Waals surface area (Å²) in [5, 5.41) is 3.93. The van der Waals surface area contributed by atoms with Gasteiger partial charge < -0.3 is 10.2 Å². The lowest BCUT2D eigenvalue weighted by atomic mass is 10.00.